The molecule has 23 heavy (non-hydrogen) atoms. The van der Waals surface area contributed by atoms with Crippen molar-refractivity contribution in [2.45, 2.75) is 25.2 Å². The summed E-state index contributed by atoms with van der Waals surface area (Å²) in [6.45, 7) is 4.33. The van der Waals surface area contributed by atoms with Crippen LogP contribution in [0.15, 0.2) is 53.4 Å². The Morgan fingerprint density at radius 1 is 1.09 bits per heavy atom. The van der Waals surface area contributed by atoms with E-state index >= 15 is 0 Å². The molecule has 0 bridgehead atoms. The maximum absolute atomic E-state index is 12.5. The summed E-state index contributed by atoms with van der Waals surface area (Å²) in [7, 11) is -3.74. The SMILES string of the molecule is CCCNC(=O)c1cccc(S(=O)(=O)Nc2ccccc2C)c1. The summed E-state index contributed by atoms with van der Waals surface area (Å²) in [5.74, 6) is -0.278. The molecule has 0 atom stereocenters. The number of aryl methyl sites for hydroxylation is 1. The quantitative estimate of drug-likeness (QED) is 0.854. The van der Waals surface area contributed by atoms with Gasteiger partial charge in [0.05, 0.1) is 10.6 Å². The second-order valence-electron chi connectivity index (χ2n) is 5.20. The van der Waals surface area contributed by atoms with Crippen molar-refractivity contribution in [3.63, 3.8) is 0 Å². The predicted molar refractivity (Wildman–Crippen MR) is 91.1 cm³/mol. The van der Waals surface area contributed by atoms with Crippen LogP contribution < -0.4 is 10.0 Å². The summed E-state index contributed by atoms with van der Waals surface area (Å²) in [4.78, 5) is 12.0. The third-order valence-electron chi connectivity index (χ3n) is 3.33. The van der Waals surface area contributed by atoms with Gasteiger partial charge in [0.2, 0.25) is 0 Å². The summed E-state index contributed by atoms with van der Waals surface area (Å²) in [6.07, 6.45) is 0.818. The number of amides is 1. The molecule has 0 aromatic heterocycles. The molecule has 0 aliphatic carbocycles. The van der Waals surface area contributed by atoms with Crippen LogP contribution in [0.5, 0.6) is 0 Å². The van der Waals surface area contributed by atoms with E-state index in [0.29, 0.717) is 17.8 Å². The zero-order valence-corrected chi connectivity index (χ0v) is 14.0. The molecule has 0 fully saturated rings. The number of hydrogen-bond donors (Lipinski definition) is 2. The van der Waals surface area contributed by atoms with Crippen molar-refractivity contribution in [2.75, 3.05) is 11.3 Å². The number of carbonyl (C=O) groups excluding carboxylic acids is 1. The zero-order valence-electron chi connectivity index (χ0n) is 13.2. The highest BCUT2D eigenvalue weighted by atomic mass is 32.2. The lowest BCUT2D eigenvalue weighted by molar-refractivity contribution is 0.0953. The van der Waals surface area contributed by atoms with Crippen molar-refractivity contribution in [3.8, 4) is 0 Å². The Morgan fingerprint density at radius 2 is 1.83 bits per heavy atom. The van der Waals surface area contributed by atoms with Gasteiger partial charge in [-0.1, -0.05) is 31.2 Å². The first-order valence-electron chi connectivity index (χ1n) is 7.41. The van der Waals surface area contributed by atoms with E-state index in [1.807, 2.05) is 26.0 Å². The van der Waals surface area contributed by atoms with Crippen LogP contribution in [-0.2, 0) is 10.0 Å². The van der Waals surface area contributed by atoms with Gasteiger partial charge in [0, 0.05) is 12.1 Å². The van der Waals surface area contributed by atoms with Gasteiger partial charge in [0.25, 0.3) is 15.9 Å². The Morgan fingerprint density at radius 3 is 2.52 bits per heavy atom. The largest absolute Gasteiger partial charge is 0.352 e. The average Bonchev–Trinajstić information content (AvgIpc) is 2.54. The van der Waals surface area contributed by atoms with Gasteiger partial charge in [-0.2, -0.15) is 0 Å². The van der Waals surface area contributed by atoms with Crippen molar-refractivity contribution >= 4 is 21.6 Å². The first-order chi connectivity index (χ1) is 10.9. The maximum atomic E-state index is 12.5. The van der Waals surface area contributed by atoms with E-state index in [2.05, 4.69) is 10.0 Å². The molecule has 0 radical (unpaired) electrons. The van der Waals surface area contributed by atoms with E-state index in [1.165, 1.54) is 12.1 Å². The maximum Gasteiger partial charge on any atom is 0.261 e. The molecule has 122 valence electrons. The summed E-state index contributed by atoms with van der Waals surface area (Å²) in [5, 5.41) is 2.73. The average molecular weight is 332 g/mol. The van der Waals surface area contributed by atoms with Gasteiger partial charge < -0.3 is 5.32 Å². The molecule has 5 nitrogen and oxygen atoms in total. The molecular formula is C17H20N2O3S. The van der Waals surface area contributed by atoms with Crippen molar-refractivity contribution in [1.82, 2.24) is 5.32 Å². The van der Waals surface area contributed by atoms with Gasteiger partial charge in [-0.15, -0.1) is 0 Å². The minimum atomic E-state index is -3.74. The first kappa shape index (κ1) is 17.0. The van der Waals surface area contributed by atoms with Crippen LogP contribution in [0.3, 0.4) is 0 Å². The Kier molecular flexibility index (Phi) is 5.39. The Hall–Kier alpha value is -2.34. The van der Waals surface area contributed by atoms with E-state index in [9.17, 15) is 13.2 Å². The molecule has 2 rings (SSSR count). The molecule has 0 aliphatic heterocycles. The Bertz CT molecular complexity index is 801. The number of rotatable bonds is 6. The standard InChI is InChI=1S/C17H20N2O3S/c1-3-11-18-17(20)14-8-6-9-15(12-14)23(21,22)19-16-10-5-4-7-13(16)2/h4-10,12,19H,3,11H2,1-2H3,(H,18,20). The van der Waals surface area contributed by atoms with Crippen LogP contribution >= 0.6 is 0 Å². The van der Waals surface area contributed by atoms with Crippen molar-refractivity contribution in [3.05, 3.63) is 59.7 Å². The second kappa shape index (κ2) is 7.28. The van der Waals surface area contributed by atoms with Gasteiger partial charge in [0.15, 0.2) is 0 Å². The summed E-state index contributed by atoms with van der Waals surface area (Å²) in [6, 6.07) is 13.1. The first-order valence-corrected chi connectivity index (χ1v) is 8.89. The third-order valence-corrected chi connectivity index (χ3v) is 4.69. The lowest BCUT2D eigenvalue weighted by Gasteiger charge is -2.11. The number of benzene rings is 2. The molecule has 0 heterocycles. The summed E-state index contributed by atoms with van der Waals surface area (Å²) in [5.41, 5.74) is 1.67. The lowest BCUT2D eigenvalue weighted by atomic mass is 10.2. The highest BCUT2D eigenvalue weighted by Crippen LogP contribution is 2.20. The smallest absolute Gasteiger partial charge is 0.261 e. The highest BCUT2D eigenvalue weighted by molar-refractivity contribution is 7.92. The van der Waals surface area contributed by atoms with Crippen LogP contribution in [0.4, 0.5) is 5.69 Å². The van der Waals surface area contributed by atoms with Crippen molar-refractivity contribution in [2.24, 2.45) is 0 Å². The molecule has 1 amide bonds. The van der Waals surface area contributed by atoms with E-state index in [1.54, 1.807) is 24.3 Å². The number of hydrogen-bond acceptors (Lipinski definition) is 3. The van der Waals surface area contributed by atoms with Crippen LogP contribution in [0.1, 0.15) is 29.3 Å². The normalized spacial score (nSPS) is 11.0. The van der Waals surface area contributed by atoms with Crippen LogP contribution in [-0.4, -0.2) is 20.9 Å². The zero-order chi connectivity index (χ0) is 16.9. The topological polar surface area (TPSA) is 75.3 Å². The number of nitrogens with one attached hydrogen (secondary N) is 2. The van der Waals surface area contributed by atoms with E-state index < -0.39 is 10.0 Å². The van der Waals surface area contributed by atoms with Gasteiger partial charge >= 0.3 is 0 Å². The van der Waals surface area contributed by atoms with Gasteiger partial charge in [-0.05, 0) is 43.2 Å². The molecule has 6 heteroatoms. The minimum absolute atomic E-state index is 0.0601. The molecule has 0 saturated heterocycles. The second-order valence-corrected chi connectivity index (χ2v) is 6.89. The molecule has 0 unspecified atom stereocenters. The molecule has 0 saturated carbocycles. The lowest BCUT2D eigenvalue weighted by Crippen LogP contribution is -2.24. The molecule has 2 aromatic carbocycles. The van der Waals surface area contributed by atoms with Gasteiger partial charge in [-0.25, -0.2) is 8.42 Å². The van der Waals surface area contributed by atoms with Crippen molar-refractivity contribution < 1.29 is 13.2 Å². The minimum Gasteiger partial charge on any atom is -0.352 e. The molecule has 2 aromatic rings. The van der Waals surface area contributed by atoms with Crippen LogP contribution in [0.25, 0.3) is 0 Å². The summed E-state index contributed by atoms with van der Waals surface area (Å²) < 4.78 is 27.6. The van der Waals surface area contributed by atoms with E-state index in [4.69, 9.17) is 0 Å². The summed E-state index contributed by atoms with van der Waals surface area (Å²) >= 11 is 0. The molecule has 0 aliphatic rings. The third kappa shape index (κ3) is 4.32. The van der Waals surface area contributed by atoms with Gasteiger partial charge in [-0.3, -0.25) is 9.52 Å². The Labute approximate surface area is 136 Å². The van der Waals surface area contributed by atoms with E-state index in [-0.39, 0.29) is 10.8 Å². The monoisotopic (exact) mass is 332 g/mol. The fourth-order valence-electron chi connectivity index (χ4n) is 2.04. The molecular weight excluding hydrogens is 312 g/mol. The Balaban J connectivity index is 2.27. The number of carbonyl (C=O) groups is 1. The highest BCUT2D eigenvalue weighted by Gasteiger charge is 2.17. The van der Waals surface area contributed by atoms with Gasteiger partial charge in [0.1, 0.15) is 0 Å². The van der Waals surface area contributed by atoms with E-state index in [0.717, 1.165) is 12.0 Å². The fraction of sp³-hybridized carbons (Fsp3) is 0.235. The molecule has 2 N–H and O–H groups in total. The predicted octanol–water partition coefficient (Wildman–Crippen LogP) is 2.94. The molecule has 0 spiro atoms. The van der Waals surface area contributed by atoms with Crippen LogP contribution in [0, 0.1) is 6.92 Å². The van der Waals surface area contributed by atoms with Crippen LogP contribution in [0.2, 0.25) is 0 Å². The number of para-hydroxylation sites is 1. The fourth-order valence-corrected chi connectivity index (χ4v) is 3.21. The number of anilines is 1. The van der Waals surface area contributed by atoms with Crippen molar-refractivity contribution in [1.29, 1.82) is 0 Å². The number of sulfonamides is 1.